The van der Waals surface area contributed by atoms with Crippen molar-refractivity contribution in [3.05, 3.63) is 89.2 Å². The van der Waals surface area contributed by atoms with Crippen LogP contribution >= 0.6 is 0 Å². The highest BCUT2D eigenvalue weighted by molar-refractivity contribution is 6.11. The first-order valence-electron chi connectivity index (χ1n) is 11.5. The van der Waals surface area contributed by atoms with E-state index in [4.69, 9.17) is 9.47 Å². The molecule has 170 valence electrons. The summed E-state index contributed by atoms with van der Waals surface area (Å²) in [4.78, 5) is 16.1. The molecular weight excluding hydrogens is 417 g/mol. The van der Waals surface area contributed by atoms with E-state index in [2.05, 4.69) is 6.92 Å². The second-order valence-corrected chi connectivity index (χ2v) is 9.49. The van der Waals surface area contributed by atoms with Gasteiger partial charge in [-0.05, 0) is 55.7 Å². The Hall–Kier alpha value is -3.34. The van der Waals surface area contributed by atoms with Crippen molar-refractivity contribution in [3.8, 4) is 11.5 Å². The Bertz CT molecular complexity index is 1200. The third-order valence-corrected chi connectivity index (χ3v) is 6.48. The van der Waals surface area contributed by atoms with Crippen molar-refractivity contribution in [2.45, 2.75) is 51.2 Å². The minimum absolute atomic E-state index is 0.0212. The number of nitrogens with zero attached hydrogens (tertiary/aromatic N) is 1. The first kappa shape index (κ1) is 21.5. The van der Waals surface area contributed by atoms with Crippen LogP contribution in [0.25, 0.3) is 0 Å². The van der Waals surface area contributed by atoms with Gasteiger partial charge in [-0.2, -0.15) is 0 Å². The van der Waals surface area contributed by atoms with Gasteiger partial charge in [-0.25, -0.2) is 4.39 Å². The lowest BCUT2D eigenvalue weighted by atomic mass is 9.67. The Labute approximate surface area is 193 Å². The maximum Gasteiger partial charge on any atom is 0.242 e. The zero-order valence-corrected chi connectivity index (χ0v) is 19.2. The van der Waals surface area contributed by atoms with Crippen LogP contribution in [0.15, 0.2) is 66.7 Å². The van der Waals surface area contributed by atoms with Crippen LogP contribution in [0, 0.1) is 5.82 Å². The van der Waals surface area contributed by atoms with E-state index in [0.29, 0.717) is 25.3 Å². The average Bonchev–Trinajstić information content (AvgIpc) is 3.01. The first-order valence-corrected chi connectivity index (χ1v) is 11.5. The van der Waals surface area contributed by atoms with E-state index in [1.165, 1.54) is 12.1 Å². The van der Waals surface area contributed by atoms with Gasteiger partial charge in [0.1, 0.15) is 28.3 Å². The van der Waals surface area contributed by atoms with E-state index in [1.807, 2.05) is 61.2 Å². The Morgan fingerprint density at radius 2 is 1.79 bits per heavy atom. The van der Waals surface area contributed by atoms with Crippen LogP contribution in [0.5, 0.6) is 11.5 Å². The van der Waals surface area contributed by atoms with Gasteiger partial charge in [0.05, 0.1) is 13.2 Å². The number of rotatable bonds is 5. The van der Waals surface area contributed by atoms with Crippen molar-refractivity contribution >= 4 is 11.6 Å². The summed E-state index contributed by atoms with van der Waals surface area (Å²) in [7, 11) is 0. The fourth-order valence-electron chi connectivity index (χ4n) is 5.20. The van der Waals surface area contributed by atoms with Crippen LogP contribution in [0.1, 0.15) is 50.3 Å². The summed E-state index contributed by atoms with van der Waals surface area (Å²) < 4.78 is 25.7. The van der Waals surface area contributed by atoms with Gasteiger partial charge >= 0.3 is 0 Å². The highest BCUT2D eigenvalue weighted by Gasteiger charge is 2.58. The number of hydrogen-bond donors (Lipinski definition) is 0. The molecule has 0 aromatic heterocycles. The number of para-hydroxylation sites is 1. The Kier molecular flexibility index (Phi) is 5.15. The molecule has 4 nitrogen and oxygen atoms in total. The summed E-state index contributed by atoms with van der Waals surface area (Å²) in [5, 5.41) is 0. The van der Waals surface area contributed by atoms with Gasteiger partial charge in [-0.15, -0.1) is 0 Å². The van der Waals surface area contributed by atoms with E-state index < -0.39 is 11.0 Å². The van der Waals surface area contributed by atoms with Crippen LogP contribution in [0.4, 0.5) is 10.1 Å². The SMILES string of the molecule is CCCOc1ccc2c(c1)OC(C)(C)CC21C(=O)N(Cc2ccc(F)cc2)c2ccccc21. The van der Waals surface area contributed by atoms with Crippen molar-refractivity contribution < 1.29 is 18.7 Å². The Morgan fingerprint density at radius 3 is 2.55 bits per heavy atom. The van der Waals surface area contributed by atoms with Gasteiger partial charge in [0.15, 0.2) is 0 Å². The average molecular weight is 446 g/mol. The van der Waals surface area contributed by atoms with Crippen LogP contribution in [0.3, 0.4) is 0 Å². The number of anilines is 1. The van der Waals surface area contributed by atoms with Gasteiger partial charge in [0.2, 0.25) is 5.91 Å². The van der Waals surface area contributed by atoms with Crippen LogP contribution in [-0.4, -0.2) is 18.1 Å². The van der Waals surface area contributed by atoms with Crippen molar-refractivity contribution in [1.29, 1.82) is 0 Å². The molecule has 3 aromatic carbocycles. The third-order valence-electron chi connectivity index (χ3n) is 6.48. The standard InChI is InChI=1S/C28H28FNO3/c1-4-15-32-21-13-14-23-25(16-21)33-27(2,3)18-28(23)22-7-5-6-8-24(22)30(26(28)31)17-19-9-11-20(29)12-10-19/h5-14,16H,4,15,17-18H2,1-3H3. The molecule has 2 aliphatic rings. The summed E-state index contributed by atoms with van der Waals surface area (Å²) >= 11 is 0. The number of ether oxygens (including phenoxy) is 2. The monoisotopic (exact) mass is 445 g/mol. The van der Waals surface area contributed by atoms with E-state index in [1.54, 1.807) is 12.1 Å². The van der Waals surface area contributed by atoms with Crippen LogP contribution in [0.2, 0.25) is 0 Å². The highest BCUT2D eigenvalue weighted by Crippen LogP contribution is 2.56. The lowest BCUT2D eigenvalue weighted by Crippen LogP contribution is -2.50. The number of carbonyl (C=O) groups excluding carboxylic acids is 1. The largest absolute Gasteiger partial charge is 0.493 e. The van der Waals surface area contributed by atoms with Gasteiger partial charge in [0.25, 0.3) is 0 Å². The number of halogens is 1. The molecule has 0 aliphatic carbocycles. The summed E-state index contributed by atoms with van der Waals surface area (Å²) in [5.74, 6) is 1.16. The molecule has 0 N–H and O–H groups in total. The molecule has 5 heteroatoms. The van der Waals surface area contributed by atoms with Gasteiger partial charge in [0, 0.05) is 23.7 Å². The molecule has 3 aromatic rings. The van der Waals surface area contributed by atoms with Gasteiger partial charge in [-0.1, -0.05) is 43.3 Å². The van der Waals surface area contributed by atoms with Gasteiger partial charge < -0.3 is 14.4 Å². The molecule has 0 saturated heterocycles. The first-order chi connectivity index (χ1) is 15.8. The Balaban J connectivity index is 1.64. The molecule has 0 fully saturated rings. The fourth-order valence-corrected chi connectivity index (χ4v) is 5.20. The van der Waals surface area contributed by atoms with E-state index in [-0.39, 0.29) is 11.7 Å². The van der Waals surface area contributed by atoms with E-state index >= 15 is 0 Å². The fraction of sp³-hybridized carbons (Fsp3) is 0.321. The summed E-state index contributed by atoms with van der Waals surface area (Å²) in [6.45, 7) is 7.12. The molecule has 1 unspecified atom stereocenters. The van der Waals surface area contributed by atoms with Crippen LogP contribution in [-0.2, 0) is 16.8 Å². The predicted octanol–water partition coefficient (Wildman–Crippen LogP) is 6.01. The minimum atomic E-state index is -0.850. The molecule has 1 atom stereocenters. The zero-order chi connectivity index (χ0) is 23.2. The molecule has 2 aliphatic heterocycles. The molecule has 0 radical (unpaired) electrons. The molecule has 0 bridgehead atoms. The Morgan fingerprint density at radius 1 is 1.03 bits per heavy atom. The molecule has 1 spiro atoms. The predicted molar refractivity (Wildman–Crippen MR) is 126 cm³/mol. The number of amides is 1. The lowest BCUT2D eigenvalue weighted by Gasteiger charge is -2.43. The second-order valence-electron chi connectivity index (χ2n) is 9.49. The third kappa shape index (κ3) is 3.56. The summed E-state index contributed by atoms with van der Waals surface area (Å²) in [6, 6.07) is 20.1. The number of fused-ring (bicyclic) bond motifs is 4. The molecule has 1 amide bonds. The van der Waals surface area contributed by atoms with Crippen molar-refractivity contribution in [2.24, 2.45) is 0 Å². The molecular formula is C28H28FNO3. The van der Waals surface area contributed by atoms with Crippen molar-refractivity contribution in [1.82, 2.24) is 0 Å². The van der Waals surface area contributed by atoms with E-state index in [0.717, 1.165) is 34.5 Å². The number of benzene rings is 3. The van der Waals surface area contributed by atoms with Gasteiger partial charge in [-0.3, -0.25) is 4.79 Å². The molecule has 0 saturated carbocycles. The molecule has 33 heavy (non-hydrogen) atoms. The topological polar surface area (TPSA) is 38.8 Å². The maximum atomic E-state index is 14.3. The molecule has 5 rings (SSSR count). The summed E-state index contributed by atoms with van der Waals surface area (Å²) in [6.07, 6.45) is 1.44. The zero-order valence-electron chi connectivity index (χ0n) is 19.2. The lowest BCUT2D eigenvalue weighted by molar-refractivity contribution is -0.124. The maximum absolute atomic E-state index is 14.3. The van der Waals surface area contributed by atoms with Crippen molar-refractivity contribution in [3.63, 3.8) is 0 Å². The van der Waals surface area contributed by atoms with E-state index in [9.17, 15) is 9.18 Å². The normalized spacial score (nSPS) is 20.4. The number of hydrogen-bond acceptors (Lipinski definition) is 3. The quantitative estimate of drug-likeness (QED) is 0.483. The summed E-state index contributed by atoms with van der Waals surface area (Å²) in [5.41, 5.74) is 2.22. The van der Waals surface area contributed by atoms with Crippen molar-refractivity contribution in [2.75, 3.05) is 11.5 Å². The smallest absolute Gasteiger partial charge is 0.242 e. The number of carbonyl (C=O) groups is 1. The molecule has 2 heterocycles. The van der Waals surface area contributed by atoms with Crippen LogP contribution < -0.4 is 14.4 Å². The minimum Gasteiger partial charge on any atom is -0.493 e. The highest BCUT2D eigenvalue weighted by atomic mass is 19.1. The second kappa shape index (κ2) is 7.91.